The van der Waals surface area contributed by atoms with Gasteiger partial charge in [-0.3, -0.25) is 4.99 Å². The predicted octanol–water partition coefficient (Wildman–Crippen LogP) is 6.28. The van der Waals surface area contributed by atoms with E-state index in [1.165, 1.54) is 49.9 Å². The first kappa shape index (κ1) is 22.8. The van der Waals surface area contributed by atoms with E-state index in [0.717, 1.165) is 18.5 Å². The summed E-state index contributed by atoms with van der Waals surface area (Å²) in [5, 5.41) is 0. The van der Waals surface area contributed by atoms with Crippen LogP contribution in [0.1, 0.15) is 61.8 Å². The van der Waals surface area contributed by atoms with Crippen LogP contribution in [0.3, 0.4) is 0 Å². The van der Waals surface area contributed by atoms with Crippen LogP contribution in [0.15, 0.2) is 53.8 Å². The topological polar surface area (TPSA) is 73.4 Å². The van der Waals surface area contributed by atoms with Gasteiger partial charge in [0.15, 0.2) is 0 Å². The minimum Gasteiger partial charge on any atom is -0.457 e. The molecule has 0 radical (unpaired) electrons. The number of halogens is 2. The van der Waals surface area contributed by atoms with Gasteiger partial charge in [-0.05, 0) is 43.0 Å². The molecule has 1 unspecified atom stereocenters. The summed E-state index contributed by atoms with van der Waals surface area (Å²) in [6.45, 7) is 2.15. The highest BCUT2D eigenvalue weighted by Crippen LogP contribution is 2.38. The van der Waals surface area contributed by atoms with Gasteiger partial charge in [0.1, 0.15) is 35.3 Å². The number of hydrogen-bond acceptors (Lipinski definition) is 5. The number of nitrogens with zero attached hydrogens (tertiary/aromatic N) is 3. The van der Waals surface area contributed by atoms with Gasteiger partial charge in [-0.25, -0.2) is 18.7 Å². The van der Waals surface area contributed by atoms with Crippen molar-refractivity contribution in [1.29, 1.82) is 0 Å². The van der Waals surface area contributed by atoms with Crippen LogP contribution in [0.2, 0.25) is 0 Å². The highest BCUT2D eigenvalue weighted by Gasteiger charge is 2.28. The van der Waals surface area contributed by atoms with Crippen molar-refractivity contribution in [2.24, 2.45) is 10.9 Å². The number of ether oxygens (including phenoxy) is 1. The van der Waals surface area contributed by atoms with E-state index in [2.05, 4.69) is 21.9 Å². The molecule has 1 fully saturated rings. The number of nitrogens with two attached hydrogens (primary N) is 1. The first-order valence-corrected chi connectivity index (χ1v) is 11.3. The summed E-state index contributed by atoms with van der Waals surface area (Å²) in [5.74, 6) is 0.523. The molecular weight excluding hydrogens is 422 g/mol. The van der Waals surface area contributed by atoms with E-state index >= 15 is 4.39 Å². The van der Waals surface area contributed by atoms with Gasteiger partial charge in [0.2, 0.25) is 0 Å². The van der Waals surface area contributed by atoms with Crippen LogP contribution < -0.4 is 10.5 Å². The fourth-order valence-electron chi connectivity index (χ4n) is 4.64. The number of hydrogen-bond donors (Lipinski definition) is 1. The van der Waals surface area contributed by atoms with Crippen molar-refractivity contribution >= 4 is 11.5 Å². The normalized spacial score (nSPS) is 15.9. The monoisotopic (exact) mass is 450 g/mol. The zero-order valence-corrected chi connectivity index (χ0v) is 18.9. The molecule has 7 heteroatoms. The van der Waals surface area contributed by atoms with E-state index in [4.69, 9.17) is 10.5 Å². The highest BCUT2D eigenvalue weighted by molar-refractivity contribution is 6.16. The van der Waals surface area contributed by atoms with E-state index in [1.807, 2.05) is 0 Å². The van der Waals surface area contributed by atoms with Crippen LogP contribution in [-0.2, 0) is 0 Å². The van der Waals surface area contributed by atoms with Crippen LogP contribution in [0.25, 0.3) is 0 Å². The molecule has 0 bridgehead atoms. The van der Waals surface area contributed by atoms with Crippen LogP contribution in [0, 0.1) is 17.6 Å². The Morgan fingerprint density at radius 3 is 2.52 bits per heavy atom. The van der Waals surface area contributed by atoms with E-state index in [9.17, 15) is 4.39 Å². The number of aliphatic imine (C=N–C) groups is 1. The van der Waals surface area contributed by atoms with Gasteiger partial charge in [0.25, 0.3) is 0 Å². The minimum atomic E-state index is -0.524. The lowest BCUT2D eigenvalue weighted by Crippen LogP contribution is -2.21. The van der Waals surface area contributed by atoms with E-state index < -0.39 is 11.6 Å². The number of nitrogen functional groups attached to an aromatic ring is 1. The quantitative estimate of drug-likeness (QED) is 0.449. The summed E-state index contributed by atoms with van der Waals surface area (Å²) in [6.07, 6.45) is 7.43. The Hall–Kier alpha value is -3.35. The molecule has 172 valence electrons. The van der Waals surface area contributed by atoms with Gasteiger partial charge in [0.05, 0.1) is 17.0 Å². The van der Waals surface area contributed by atoms with E-state index in [1.54, 1.807) is 25.2 Å². The van der Waals surface area contributed by atoms with Crippen LogP contribution >= 0.6 is 0 Å². The molecule has 0 aliphatic heterocycles. The SMILES string of the molecule is CN=C(c1ccc(Oc2cccc(F)c2)cc1F)c1c(N)ncnc1C(C)C1CCCCC1. The van der Waals surface area contributed by atoms with Crippen molar-refractivity contribution in [1.82, 2.24) is 9.97 Å². The fourth-order valence-corrected chi connectivity index (χ4v) is 4.64. The molecule has 1 aliphatic rings. The summed E-state index contributed by atoms with van der Waals surface area (Å²) in [6, 6.07) is 10.2. The number of aromatic nitrogens is 2. The molecule has 2 aromatic carbocycles. The van der Waals surface area contributed by atoms with Gasteiger partial charge in [-0.1, -0.05) is 32.3 Å². The molecule has 2 N–H and O–H groups in total. The fraction of sp³-hybridized carbons (Fsp3) is 0.346. The summed E-state index contributed by atoms with van der Waals surface area (Å²) < 4.78 is 34.3. The second-order valence-corrected chi connectivity index (χ2v) is 8.48. The van der Waals surface area contributed by atoms with Crippen molar-refractivity contribution in [3.8, 4) is 11.5 Å². The Balaban J connectivity index is 1.68. The second kappa shape index (κ2) is 10.1. The molecule has 1 aliphatic carbocycles. The molecule has 0 spiro atoms. The van der Waals surface area contributed by atoms with Crippen LogP contribution in [0.5, 0.6) is 11.5 Å². The second-order valence-electron chi connectivity index (χ2n) is 8.48. The van der Waals surface area contributed by atoms with E-state index in [-0.39, 0.29) is 28.8 Å². The van der Waals surface area contributed by atoms with Crippen LogP contribution in [-0.4, -0.2) is 22.7 Å². The first-order chi connectivity index (χ1) is 16.0. The average Bonchev–Trinajstić information content (AvgIpc) is 2.82. The maximum Gasteiger partial charge on any atom is 0.136 e. The smallest absolute Gasteiger partial charge is 0.136 e. The molecule has 3 aromatic rings. The molecule has 5 nitrogen and oxygen atoms in total. The molecule has 0 amide bonds. The van der Waals surface area contributed by atoms with E-state index in [0.29, 0.717) is 17.2 Å². The zero-order valence-electron chi connectivity index (χ0n) is 18.9. The molecule has 0 saturated heterocycles. The van der Waals surface area contributed by atoms with Gasteiger partial charge in [-0.2, -0.15) is 0 Å². The Morgan fingerprint density at radius 1 is 1.06 bits per heavy atom. The molecule has 4 rings (SSSR count). The molecule has 1 aromatic heterocycles. The third-order valence-electron chi connectivity index (χ3n) is 6.38. The predicted molar refractivity (Wildman–Crippen MR) is 126 cm³/mol. The average molecular weight is 451 g/mol. The van der Waals surface area contributed by atoms with Gasteiger partial charge < -0.3 is 10.5 Å². The number of rotatable bonds is 6. The summed E-state index contributed by atoms with van der Waals surface area (Å²) in [5.41, 5.74) is 8.35. The molecule has 1 atom stereocenters. The summed E-state index contributed by atoms with van der Waals surface area (Å²) in [4.78, 5) is 13.1. The van der Waals surface area contributed by atoms with Crippen molar-refractivity contribution < 1.29 is 13.5 Å². The van der Waals surface area contributed by atoms with Crippen molar-refractivity contribution in [3.05, 3.63) is 77.2 Å². The Morgan fingerprint density at radius 2 is 1.82 bits per heavy atom. The van der Waals surface area contributed by atoms with Gasteiger partial charge >= 0.3 is 0 Å². The maximum absolute atomic E-state index is 15.3. The number of benzene rings is 2. The Bertz CT molecular complexity index is 1160. The summed E-state index contributed by atoms with van der Waals surface area (Å²) >= 11 is 0. The maximum atomic E-state index is 15.3. The standard InChI is InChI=1S/C26H28F2N4O/c1-16(17-7-4-3-5-8-17)24-23(26(29)32-15-31-24)25(30-2)21-12-11-20(14-22(21)28)33-19-10-6-9-18(27)13-19/h6,9-17H,3-5,7-8H2,1-2H3,(H2,29,31,32). The number of anilines is 1. The van der Waals surface area contributed by atoms with Crippen molar-refractivity contribution in [3.63, 3.8) is 0 Å². The Kier molecular flexibility index (Phi) is 6.96. The third kappa shape index (κ3) is 5.02. The lowest BCUT2D eigenvalue weighted by Gasteiger charge is -2.29. The van der Waals surface area contributed by atoms with Gasteiger partial charge in [-0.15, -0.1) is 0 Å². The Labute approximate surface area is 192 Å². The molecule has 1 saturated carbocycles. The first-order valence-electron chi connectivity index (χ1n) is 11.3. The molecule has 1 heterocycles. The minimum absolute atomic E-state index is 0.154. The lowest BCUT2D eigenvalue weighted by atomic mass is 9.78. The summed E-state index contributed by atoms with van der Waals surface area (Å²) in [7, 11) is 1.60. The largest absolute Gasteiger partial charge is 0.457 e. The zero-order chi connectivity index (χ0) is 23.4. The lowest BCUT2D eigenvalue weighted by molar-refractivity contribution is 0.312. The van der Waals surface area contributed by atoms with Gasteiger partial charge in [0, 0.05) is 30.7 Å². The molecular formula is C26H28F2N4O. The third-order valence-corrected chi connectivity index (χ3v) is 6.38. The van der Waals surface area contributed by atoms with Crippen molar-refractivity contribution in [2.45, 2.75) is 44.9 Å². The molecule has 33 heavy (non-hydrogen) atoms. The van der Waals surface area contributed by atoms with Crippen LogP contribution in [0.4, 0.5) is 14.6 Å². The van der Waals surface area contributed by atoms with Crippen molar-refractivity contribution in [2.75, 3.05) is 12.8 Å². The highest BCUT2D eigenvalue weighted by atomic mass is 19.1.